The van der Waals surface area contributed by atoms with Crippen LogP contribution in [0, 0.1) is 5.82 Å². The van der Waals surface area contributed by atoms with E-state index >= 15 is 0 Å². The summed E-state index contributed by atoms with van der Waals surface area (Å²) in [6.07, 6.45) is 1.48. The zero-order valence-corrected chi connectivity index (χ0v) is 12.7. The van der Waals surface area contributed by atoms with Crippen molar-refractivity contribution < 1.29 is 12.8 Å². The molecule has 0 radical (unpaired) electrons. The molecule has 0 saturated carbocycles. The zero-order valence-electron chi connectivity index (χ0n) is 11.9. The summed E-state index contributed by atoms with van der Waals surface area (Å²) in [5, 5.41) is 0. The van der Waals surface area contributed by atoms with E-state index in [0.717, 1.165) is 18.1 Å². The van der Waals surface area contributed by atoms with Gasteiger partial charge in [-0.2, -0.15) is 0 Å². The molecule has 3 nitrogen and oxygen atoms in total. The number of halogens is 1. The first-order valence-corrected chi connectivity index (χ1v) is 8.20. The van der Waals surface area contributed by atoms with E-state index in [0.29, 0.717) is 13.0 Å². The normalized spacial score (nSPS) is 11.8. The number of nitrogens with zero attached hydrogens (tertiary/aromatic N) is 1. The maximum absolute atomic E-state index is 13.6. The molecular weight excluding hydrogens is 289 g/mol. The molecule has 0 aliphatic carbocycles. The van der Waals surface area contributed by atoms with Crippen molar-refractivity contribution in [1.29, 1.82) is 0 Å². The Morgan fingerprint density at radius 3 is 2.29 bits per heavy atom. The highest BCUT2D eigenvalue weighted by Gasteiger charge is 2.23. The van der Waals surface area contributed by atoms with Crippen LogP contribution in [0.15, 0.2) is 59.5 Å². The lowest BCUT2D eigenvalue weighted by Gasteiger charge is -2.17. The fourth-order valence-corrected chi connectivity index (χ4v) is 3.36. The molecule has 0 aliphatic heterocycles. The summed E-state index contributed by atoms with van der Waals surface area (Å²) < 4.78 is 39.4. The maximum Gasteiger partial charge on any atom is 0.245 e. The van der Waals surface area contributed by atoms with Crippen LogP contribution in [-0.4, -0.2) is 26.3 Å². The second kappa shape index (κ2) is 6.83. The average Bonchev–Trinajstić information content (AvgIpc) is 2.48. The molecule has 0 saturated heterocycles. The smallest absolute Gasteiger partial charge is 0.207 e. The standard InChI is InChI=1S/C16H18FNO2S/c1-18(13-7-10-14-8-3-2-4-9-14)21(19,20)16-12-6-5-11-15(16)17/h2-6,8-9,11-12H,7,10,13H2,1H3. The van der Waals surface area contributed by atoms with E-state index in [9.17, 15) is 12.8 Å². The van der Waals surface area contributed by atoms with E-state index < -0.39 is 15.8 Å². The molecule has 0 heterocycles. The highest BCUT2D eigenvalue weighted by molar-refractivity contribution is 7.89. The minimum atomic E-state index is -3.77. The lowest BCUT2D eigenvalue weighted by atomic mass is 10.1. The number of sulfonamides is 1. The quantitative estimate of drug-likeness (QED) is 0.822. The van der Waals surface area contributed by atoms with Gasteiger partial charge in [-0.1, -0.05) is 42.5 Å². The van der Waals surface area contributed by atoms with Crippen LogP contribution in [0.2, 0.25) is 0 Å². The van der Waals surface area contributed by atoms with Gasteiger partial charge in [-0.25, -0.2) is 17.1 Å². The Hall–Kier alpha value is -1.72. The third kappa shape index (κ3) is 3.89. The fraction of sp³-hybridized carbons (Fsp3) is 0.250. The third-order valence-corrected chi connectivity index (χ3v) is 5.20. The molecule has 0 amide bonds. The van der Waals surface area contributed by atoms with E-state index in [4.69, 9.17) is 0 Å². The number of benzene rings is 2. The molecule has 0 aliphatic rings. The monoisotopic (exact) mass is 307 g/mol. The van der Waals surface area contributed by atoms with Crippen molar-refractivity contribution in [3.8, 4) is 0 Å². The molecule has 0 aromatic heterocycles. The molecule has 0 unspecified atom stereocenters. The van der Waals surface area contributed by atoms with Crippen molar-refractivity contribution in [3.63, 3.8) is 0 Å². The summed E-state index contributed by atoms with van der Waals surface area (Å²) in [5.74, 6) is -0.715. The molecule has 2 aromatic rings. The van der Waals surface area contributed by atoms with Crippen molar-refractivity contribution in [2.24, 2.45) is 0 Å². The molecule has 5 heteroatoms. The number of hydrogen-bond donors (Lipinski definition) is 0. The topological polar surface area (TPSA) is 37.4 Å². The van der Waals surface area contributed by atoms with Gasteiger partial charge in [0, 0.05) is 13.6 Å². The molecule has 0 spiro atoms. The SMILES string of the molecule is CN(CCCc1ccccc1)S(=O)(=O)c1ccccc1F. The van der Waals surface area contributed by atoms with E-state index in [1.807, 2.05) is 30.3 Å². The molecular formula is C16H18FNO2S. The van der Waals surface area contributed by atoms with E-state index in [1.54, 1.807) is 0 Å². The summed E-state index contributed by atoms with van der Waals surface area (Å²) >= 11 is 0. The van der Waals surface area contributed by atoms with Crippen molar-refractivity contribution in [2.45, 2.75) is 17.7 Å². The van der Waals surface area contributed by atoms with E-state index in [1.165, 1.54) is 29.6 Å². The van der Waals surface area contributed by atoms with Gasteiger partial charge in [0.25, 0.3) is 0 Å². The Morgan fingerprint density at radius 1 is 1.00 bits per heavy atom. The average molecular weight is 307 g/mol. The summed E-state index contributed by atoms with van der Waals surface area (Å²) in [6, 6.07) is 15.3. The summed E-state index contributed by atoms with van der Waals surface area (Å²) in [7, 11) is -2.29. The van der Waals surface area contributed by atoms with Gasteiger partial charge in [0.2, 0.25) is 10.0 Å². The van der Waals surface area contributed by atoms with Gasteiger partial charge in [0.05, 0.1) is 0 Å². The van der Waals surface area contributed by atoms with Gasteiger partial charge in [-0.05, 0) is 30.5 Å². The molecule has 0 fully saturated rings. The first-order valence-electron chi connectivity index (χ1n) is 6.76. The predicted molar refractivity (Wildman–Crippen MR) is 81.0 cm³/mol. The van der Waals surface area contributed by atoms with Crippen LogP contribution in [0.25, 0.3) is 0 Å². The van der Waals surface area contributed by atoms with Gasteiger partial charge in [-0.15, -0.1) is 0 Å². The van der Waals surface area contributed by atoms with Gasteiger partial charge >= 0.3 is 0 Å². The first kappa shape index (κ1) is 15.7. The van der Waals surface area contributed by atoms with Crippen LogP contribution in [-0.2, 0) is 16.4 Å². The lowest BCUT2D eigenvalue weighted by Crippen LogP contribution is -2.29. The second-order valence-electron chi connectivity index (χ2n) is 4.85. The second-order valence-corrected chi connectivity index (χ2v) is 6.86. The largest absolute Gasteiger partial charge is 0.245 e. The van der Waals surface area contributed by atoms with Crippen LogP contribution in [0.3, 0.4) is 0 Å². The number of aryl methyl sites for hydroxylation is 1. The Kier molecular flexibility index (Phi) is 5.09. The Bertz CT molecular complexity index is 686. The van der Waals surface area contributed by atoms with Crippen molar-refractivity contribution in [1.82, 2.24) is 4.31 Å². The van der Waals surface area contributed by atoms with Gasteiger partial charge < -0.3 is 0 Å². The third-order valence-electron chi connectivity index (χ3n) is 3.31. The fourth-order valence-electron chi connectivity index (χ4n) is 2.09. The Morgan fingerprint density at radius 2 is 1.62 bits per heavy atom. The summed E-state index contributed by atoms with van der Waals surface area (Å²) in [4.78, 5) is -0.271. The Labute approximate surface area is 125 Å². The van der Waals surface area contributed by atoms with Crippen molar-refractivity contribution in [3.05, 3.63) is 66.0 Å². The summed E-state index contributed by atoms with van der Waals surface area (Å²) in [6.45, 7) is 0.353. The van der Waals surface area contributed by atoms with E-state index in [2.05, 4.69) is 0 Å². The molecule has 2 rings (SSSR count). The summed E-state index contributed by atoms with van der Waals surface area (Å²) in [5.41, 5.74) is 1.16. The predicted octanol–water partition coefficient (Wildman–Crippen LogP) is 3.08. The molecule has 0 atom stereocenters. The van der Waals surface area contributed by atoms with Gasteiger partial charge in [-0.3, -0.25) is 0 Å². The Balaban J connectivity index is 2.00. The highest BCUT2D eigenvalue weighted by atomic mass is 32.2. The van der Waals surface area contributed by atoms with E-state index in [-0.39, 0.29) is 4.90 Å². The highest BCUT2D eigenvalue weighted by Crippen LogP contribution is 2.18. The first-order chi connectivity index (χ1) is 10.0. The molecule has 2 aromatic carbocycles. The van der Waals surface area contributed by atoms with Crippen LogP contribution in [0.5, 0.6) is 0 Å². The number of rotatable bonds is 6. The van der Waals surface area contributed by atoms with Crippen LogP contribution in [0.1, 0.15) is 12.0 Å². The van der Waals surface area contributed by atoms with Gasteiger partial charge in [0.1, 0.15) is 10.7 Å². The van der Waals surface area contributed by atoms with Crippen LogP contribution in [0.4, 0.5) is 4.39 Å². The lowest BCUT2D eigenvalue weighted by molar-refractivity contribution is 0.455. The zero-order chi connectivity index (χ0) is 15.3. The molecule has 112 valence electrons. The number of hydrogen-bond acceptors (Lipinski definition) is 2. The minimum Gasteiger partial charge on any atom is -0.207 e. The van der Waals surface area contributed by atoms with Crippen LogP contribution < -0.4 is 0 Å². The van der Waals surface area contributed by atoms with Crippen LogP contribution >= 0.6 is 0 Å². The van der Waals surface area contributed by atoms with Crippen molar-refractivity contribution in [2.75, 3.05) is 13.6 Å². The van der Waals surface area contributed by atoms with Gasteiger partial charge in [0.15, 0.2) is 0 Å². The maximum atomic E-state index is 13.6. The molecule has 0 bridgehead atoms. The minimum absolute atomic E-state index is 0.271. The molecule has 21 heavy (non-hydrogen) atoms. The van der Waals surface area contributed by atoms with Crippen molar-refractivity contribution >= 4 is 10.0 Å². The molecule has 0 N–H and O–H groups in total.